The van der Waals surface area contributed by atoms with E-state index in [9.17, 15) is 23.4 Å². The van der Waals surface area contributed by atoms with Crippen molar-refractivity contribution in [1.29, 1.82) is 0 Å². The lowest BCUT2D eigenvalue weighted by molar-refractivity contribution is -0.147. The Bertz CT molecular complexity index is 1220. The molecule has 4 heterocycles. The highest BCUT2D eigenvalue weighted by molar-refractivity contribution is 6.33. The van der Waals surface area contributed by atoms with Gasteiger partial charge in [-0.2, -0.15) is 18.2 Å². The van der Waals surface area contributed by atoms with E-state index in [0.717, 1.165) is 11.1 Å². The molecule has 0 saturated carbocycles. The van der Waals surface area contributed by atoms with Gasteiger partial charge in [0.25, 0.3) is 6.01 Å². The van der Waals surface area contributed by atoms with Crippen LogP contribution in [0, 0.1) is 0 Å². The summed E-state index contributed by atoms with van der Waals surface area (Å²) in [7, 11) is 0. The number of alkyl halides is 3. The van der Waals surface area contributed by atoms with Crippen molar-refractivity contribution in [2.24, 2.45) is 0 Å². The zero-order chi connectivity index (χ0) is 26.2. The molecule has 3 N–H and O–H groups in total. The number of fused-ring (bicyclic) bond motifs is 1. The molecule has 37 heavy (non-hydrogen) atoms. The van der Waals surface area contributed by atoms with Crippen molar-refractivity contribution in [2.45, 2.75) is 49.7 Å². The van der Waals surface area contributed by atoms with Gasteiger partial charge in [-0.05, 0) is 43.5 Å². The predicted octanol–water partition coefficient (Wildman–Crippen LogP) is 3.91. The summed E-state index contributed by atoms with van der Waals surface area (Å²) in [6.07, 6.45) is -4.38. The maximum absolute atomic E-state index is 12.6. The number of rotatable bonds is 6. The highest BCUT2D eigenvalue weighted by atomic mass is 35.5. The van der Waals surface area contributed by atoms with Gasteiger partial charge in [0, 0.05) is 12.0 Å². The van der Waals surface area contributed by atoms with Gasteiger partial charge in [0.15, 0.2) is 5.65 Å². The zero-order valence-corrected chi connectivity index (χ0v) is 20.7. The maximum atomic E-state index is 12.6. The van der Waals surface area contributed by atoms with Crippen molar-refractivity contribution >= 4 is 22.8 Å². The first kappa shape index (κ1) is 26.2. The Hall–Kier alpha value is -2.44. The van der Waals surface area contributed by atoms with Gasteiger partial charge in [-0.15, -0.1) is 0 Å². The SMILES string of the molecule is OC[C@H]1OC[C@H](Oc2nc3nc(-c4ccc(C5CCN(CC(F)(F)F)CC5)cc4)c(Cl)cc3[nH]2)C[C@@H]1O. The Kier molecular flexibility index (Phi) is 7.60. The summed E-state index contributed by atoms with van der Waals surface area (Å²) in [4.78, 5) is 13.5. The quantitative estimate of drug-likeness (QED) is 0.435. The summed E-state index contributed by atoms with van der Waals surface area (Å²) in [5.74, 6) is 0.213. The van der Waals surface area contributed by atoms with Crippen LogP contribution in [-0.4, -0.2) is 87.4 Å². The molecule has 2 aromatic heterocycles. The molecule has 3 aromatic rings. The van der Waals surface area contributed by atoms with Crippen LogP contribution in [0.15, 0.2) is 30.3 Å². The van der Waals surface area contributed by atoms with Crippen LogP contribution in [0.1, 0.15) is 30.7 Å². The molecular weight excluding hydrogens is 513 g/mol. The second-order valence-electron chi connectivity index (χ2n) is 9.62. The number of pyridine rings is 1. The largest absolute Gasteiger partial charge is 0.459 e. The molecule has 0 aliphatic carbocycles. The Morgan fingerprint density at radius 2 is 1.89 bits per heavy atom. The number of nitrogens with zero attached hydrogens (tertiary/aromatic N) is 3. The molecule has 5 rings (SSSR count). The van der Waals surface area contributed by atoms with Crippen molar-refractivity contribution < 1.29 is 32.9 Å². The lowest BCUT2D eigenvalue weighted by Gasteiger charge is -2.32. The molecule has 1 aromatic carbocycles. The second-order valence-corrected chi connectivity index (χ2v) is 10.0. The highest BCUT2D eigenvalue weighted by Gasteiger charge is 2.33. The third-order valence-electron chi connectivity index (χ3n) is 6.94. The fourth-order valence-corrected chi connectivity index (χ4v) is 5.25. The minimum absolute atomic E-state index is 0.213. The lowest BCUT2D eigenvalue weighted by atomic mass is 9.89. The maximum Gasteiger partial charge on any atom is 0.401 e. The number of ether oxygens (including phenoxy) is 2. The number of aromatic amines is 1. The Balaban J connectivity index is 1.25. The van der Waals surface area contributed by atoms with Crippen LogP contribution in [0.25, 0.3) is 22.4 Å². The van der Waals surface area contributed by atoms with Gasteiger partial charge in [-0.25, -0.2) is 4.98 Å². The minimum Gasteiger partial charge on any atom is -0.459 e. The number of hydrogen-bond donors (Lipinski definition) is 3. The zero-order valence-electron chi connectivity index (χ0n) is 19.9. The highest BCUT2D eigenvalue weighted by Crippen LogP contribution is 2.33. The third-order valence-corrected chi connectivity index (χ3v) is 7.23. The van der Waals surface area contributed by atoms with E-state index < -0.39 is 31.0 Å². The average molecular weight is 541 g/mol. The number of likely N-dealkylation sites (tertiary alicyclic amines) is 1. The number of benzene rings is 1. The van der Waals surface area contributed by atoms with Crippen LogP contribution in [-0.2, 0) is 4.74 Å². The Morgan fingerprint density at radius 3 is 2.54 bits per heavy atom. The first-order valence-corrected chi connectivity index (χ1v) is 12.6. The normalized spacial score (nSPS) is 24.0. The van der Waals surface area contributed by atoms with Gasteiger partial charge in [-0.1, -0.05) is 35.9 Å². The molecule has 0 unspecified atom stereocenters. The summed E-state index contributed by atoms with van der Waals surface area (Å²) >= 11 is 6.52. The van der Waals surface area contributed by atoms with E-state index in [1.54, 1.807) is 6.07 Å². The smallest absolute Gasteiger partial charge is 0.401 e. The minimum atomic E-state index is -4.17. The van der Waals surface area contributed by atoms with E-state index >= 15 is 0 Å². The van der Waals surface area contributed by atoms with Gasteiger partial charge in [0.2, 0.25) is 0 Å². The molecule has 2 aliphatic heterocycles. The molecule has 12 heteroatoms. The molecule has 0 bridgehead atoms. The van der Waals surface area contributed by atoms with Crippen molar-refractivity contribution in [3.05, 3.63) is 40.9 Å². The van der Waals surface area contributed by atoms with E-state index in [2.05, 4.69) is 15.0 Å². The van der Waals surface area contributed by atoms with Crippen molar-refractivity contribution in [3.8, 4) is 17.3 Å². The summed E-state index contributed by atoms with van der Waals surface area (Å²) in [5, 5.41) is 19.7. The monoisotopic (exact) mass is 540 g/mol. The third kappa shape index (κ3) is 6.18. The summed E-state index contributed by atoms with van der Waals surface area (Å²) < 4.78 is 49.2. The van der Waals surface area contributed by atoms with Gasteiger partial charge < -0.3 is 24.7 Å². The number of aliphatic hydroxyl groups is 2. The average Bonchev–Trinajstić information content (AvgIpc) is 3.24. The van der Waals surface area contributed by atoms with E-state index in [-0.39, 0.29) is 25.1 Å². The van der Waals surface area contributed by atoms with Crippen LogP contribution in [0.2, 0.25) is 5.02 Å². The van der Waals surface area contributed by atoms with E-state index in [4.69, 9.17) is 21.1 Å². The standard InChI is InChI=1S/C25H28ClF3N4O4/c26-18-10-19-23(32-24(30-19)37-17-9-20(35)21(11-34)36-12-17)31-22(18)16-3-1-14(2-4-16)15-5-7-33(8-6-15)13-25(27,28)29/h1-4,10,15,17,20-21,34-35H,5-9,11-13H2,(H,30,31,32)/t17-,20+,21-/m1/s1. The lowest BCUT2D eigenvalue weighted by Crippen LogP contribution is -2.45. The van der Waals surface area contributed by atoms with E-state index in [0.29, 0.717) is 54.2 Å². The second kappa shape index (κ2) is 10.7. The fourth-order valence-electron chi connectivity index (χ4n) is 4.99. The molecule has 200 valence electrons. The van der Waals surface area contributed by atoms with E-state index in [1.165, 1.54) is 4.90 Å². The number of H-pyrrole nitrogens is 1. The van der Waals surface area contributed by atoms with Crippen molar-refractivity contribution in [2.75, 3.05) is 32.8 Å². The van der Waals surface area contributed by atoms with Crippen LogP contribution in [0.5, 0.6) is 6.01 Å². The molecule has 0 amide bonds. The first-order valence-electron chi connectivity index (χ1n) is 12.2. The van der Waals surface area contributed by atoms with Crippen molar-refractivity contribution in [1.82, 2.24) is 19.9 Å². The van der Waals surface area contributed by atoms with Gasteiger partial charge in [-0.3, -0.25) is 4.90 Å². The molecule has 2 fully saturated rings. The molecule has 8 nitrogen and oxygen atoms in total. The number of aromatic nitrogens is 3. The van der Waals surface area contributed by atoms with Gasteiger partial charge in [0.05, 0.1) is 42.1 Å². The summed E-state index contributed by atoms with van der Waals surface area (Å²) in [6, 6.07) is 9.74. The van der Waals surface area contributed by atoms with Crippen LogP contribution < -0.4 is 4.74 Å². The summed E-state index contributed by atoms with van der Waals surface area (Å²) in [5.41, 5.74) is 3.45. The molecule has 2 aliphatic rings. The number of nitrogens with one attached hydrogen (secondary N) is 1. The summed E-state index contributed by atoms with van der Waals surface area (Å²) in [6.45, 7) is -0.0504. The molecule has 3 atom stereocenters. The molecule has 2 saturated heterocycles. The van der Waals surface area contributed by atoms with Crippen LogP contribution >= 0.6 is 11.6 Å². The number of piperidine rings is 1. The van der Waals surface area contributed by atoms with Crippen LogP contribution in [0.4, 0.5) is 13.2 Å². The predicted molar refractivity (Wildman–Crippen MR) is 131 cm³/mol. The Labute approximate surface area is 216 Å². The number of imidazole rings is 1. The van der Waals surface area contributed by atoms with Crippen molar-refractivity contribution in [3.63, 3.8) is 0 Å². The molecule has 0 radical (unpaired) electrons. The molecule has 0 spiro atoms. The van der Waals surface area contributed by atoms with E-state index in [1.807, 2.05) is 24.3 Å². The Morgan fingerprint density at radius 1 is 1.16 bits per heavy atom. The van der Waals surface area contributed by atoms with Gasteiger partial charge in [0.1, 0.15) is 12.2 Å². The fraction of sp³-hybridized carbons (Fsp3) is 0.520. The first-order chi connectivity index (χ1) is 17.7. The number of halogens is 4. The number of aliphatic hydroxyl groups excluding tert-OH is 2. The van der Waals surface area contributed by atoms with Gasteiger partial charge >= 0.3 is 6.18 Å². The topological polar surface area (TPSA) is 104 Å². The van der Waals surface area contributed by atoms with Crippen LogP contribution in [0.3, 0.4) is 0 Å². The number of hydrogen-bond acceptors (Lipinski definition) is 7. The molecular formula is C25H28ClF3N4O4.